The molecule has 0 aromatic heterocycles. The maximum atomic E-state index is 12.5. The molecule has 0 saturated carbocycles. The highest BCUT2D eigenvalue weighted by atomic mass is 16.5. The molecule has 0 bridgehead atoms. The summed E-state index contributed by atoms with van der Waals surface area (Å²) in [5, 5.41) is 3.23. The molecule has 120 valence electrons. The minimum atomic E-state index is -0.0295. The van der Waals surface area contributed by atoms with Crippen molar-refractivity contribution in [2.45, 2.75) is 44.8 Å². The number of carbonyl (C=O) groups is 1. The number of rotatable bonds is 3. The van der Waals surface area contributed by atoms with Crippen LogP contribution in [0.2, 0.25) is 0 Å². The fourth-order valence-electron chi connectivity index (χ4n) is 3.27. The molecule has 1 aromatic carbocycles. The molecule has 2 aliphatic heterocycles. The first kappa shape index (κ1) is 15.5. The minimum Gasteiger partial charge on any atom is -0.381 e. The summed E-state index contributed by atoms with van der Waals surface area (Å²) in [6.07, 6.45) is 3.61. The molecule has 0 spiro atoms. The van der Waals surface area contributed by atoms with Crippen molar-refractivity contribution < 1.29 is 14.3 Å². The third kappa shape index (κ3) is 3.68. The molecular weight excluding hydrogens is 278 g/mol. The second-order valence-electron chi connectivity index (χ2n) is 6.35. The van der Waals surface area contributed by atoms with Gasteiger partial charge in [-0.3, -0.25) is 4.79 Å². The van der Waals surface area contributed by atoms with Crippen LogP contribution in [0.5, 0.6) is 0 Å². The van der Waals surface area contributed by atoms with Gasteiger partial charge in [-0.25, -0.2) is 0 Å². The van der Waals surface area contributed by atoms with Crippen LogP contribution in [0.4, 0.5) is 0 Å². The molecular formula is C18H25NO3. The van der Waals surface area contributed by atoms with E-state index in [0.717, 1.165) is 37.9 Å². The quantitative estimate of drug-likeness (QED) is 0.934. The van der Waals surface area contributed by atoms with E-state index in [2.05, 4.69) is 36.5 Å². The second-order valence-corrected chi connectivity index (χ2v) is 6.35. The summed E-state index contributed by atoms with van der Waals surface area (Å²) in [5.41, 5.74) is 2.39. The number of hydrogen-bond donors (Lipinski definition) is 1. The number of hydrogen-bond acceptors (Lipinski definition) is 3. The zero-order valence-electron chi connectivity index (χ0n) is 13.2. The lowest BCUT2D eigenvalue weighted by Crippen LogP contribution is -2.46. The Morgan fingerprint density at radius 3 is 2.55 bits per heavy atom. The van der Waals surface area contributed by atoms with Gasteiger partial charge in [0.05, 0.1) is 6.04 Å². The highest BCUT2D eigenvalue weighted by molar-refractivity contribution is 5.79. The van der Waals surface area contributed by atoms with Gasteiger partial charge in [-0.2, -0.15) is 0 Å². The van der Waals surface area contributed by atoms with Crippen LogP contribution >= 0.6 is 0 Å². The van der Waals surface area contributed by atoms with Crippen molar-refractivity contribution in [1.82, 2.24) is 5.32 Å². The van der Waals surface area contributed by atoms with Gasteiger partial charge in [-0.05, 0) is 38.2 Å². The van der Waals surface area contributed by atoms with Crippen molar-refractivity contribution in [3.8, 4) is 0 Å². The molecule has 22 heavy (non-hydrogen) atoms. The number of amides is 1. The normalized spacial score (nSPS) is 26.6. The van der Waals surface area contributed by atoms with E-state index in [-0.39, 0.29) is 24.0 Å². The fraction of sp³-hybridized carbons (Fsp3) is 0.611. The standard InChI is InChI=1S/C18H25NO3/c1-13-4-6-14(7-5-13)17-16(3-2-10-22-17)19-18(20)15-8-11-21-12-9-15/h4-7,15-17H,2-3,8-12H2,1H3,(H,19,20)/t16-,17-/m1/s1. The van der Waals surface area contributed by atoms with Gasteiger partial charge < -0.3 is 14.8 Å². The summed E-state index contributed by atoms with van der Waals surface area (Å²) in [5.74, 6) is 0.255. The summed E-state index contributed by atoms with van der Waals surface area (Å²) in [6.45, 7) is 4.24. The number of ether oxygens (including phenoxy) is 2. The third-order valence-electron chi connectivity index (χ3n) is 4.65. The summed E-state index contributed by atoms with van der Waals surface area (Å²) >= 11 is 0. The molecule has 2 aliphatic rings. The molecule has 1 amide bonds. The van der Waals surface area contributed by atoms with E-state index in [1.165, 1.54) is 5.56 Å². The van der Waals surface area contributed by atoms with Gasteiger partial charge in [-0.1, -0.05) is 29.8 Å². The second kappa shape index (κ2) is 7.25. The van der Waals surface area contributed by atoms with Crippen LogP contribution in [0.15, 0.2) is 24.3 Å². The summed E-state index contributed by atoms with van der Waals surface area (Å²) < 4.78 is 11.3. The van der Waals surface area contributed by atoms with Crippen molar-refractivity contribution in [2.75, 3.05) is 19.8 Å². The predicted octanol–water partition coefficient (Wildman–Crippen LogP) is 2.76. The Kier molecular flexibility index (Phi) is 5.11. The number of nitrogens with one attached hydrogen (secondary N) is 1. The van der Waals surface area contributed by atoms with Crippen molar-refractivity contribution in [3.05, 3.63) is 35.4 Å². The topological polar surface area (TPSA) is 47.6 Å². The predicted molar refractivity (Wildman–Crippen MR) is 84.6 cm³/mol. The van der Waals surface area contributed by atoms with Crippen molar-refractivity contribution in [2.24, 2.45) is 5.92 Å². The zero-order chi connectivity index (χ0) is 15.4. The van der Waals surface area contributed by atoms with E-state index < -0.39 is 0 Å². The molecule has 4 heteroatoms. The first-order valence-electron chi connectivity index (χ1n) is 8.30. The Balaban J connectivity index is 1.66. The van der Waals surface area contributed by atoms with Gasteiger partial charge in [0, 0.05) is 25.7 Å². The third-order valence-corrected chi connectivity index (χ3v) is 4.65. The molecule has 1 aromatic rings. The molecule has 0 unspecified atom stereocenters. The molecule has 2 atom stereocenters. The Morgan fingerprint density at radius 1 is 1.09 bits per heavy atom. The summed E-state index contributed by atoms with van der Waals surface area (Å²) in [6, 6.07) is 8.50. The average Bonchev–Trinajstić information content (AvgIpc) is 2.57. The van der Waals surface area contributed by atoms with E-state index in [1.54, 1.807) is 0 Å². The summed E-state index contributed by atoms with van der Waals surface area (Å²) in [7, 11) is 0. The maximum absolute atomic E-state index is 12.5. The lowest BCUT2D eigenvalue weighted by Gasteiger charge is -2.34. The van der Waals surface area contributed by atoms with Crippen LogP contribution in [0.3, 0.4) is 0 Å². The van der Waals surface area contributed by atoms with Gasteiger partial charge in [0.15, 0.2) is 0 Å². The maximum Gasteiger partial charge on any atom is 0.223 e. The molecule has 2 heterocycles. The number of benzene rings is 1. The van der Waals surface area contributed by atoms with Gasteiger partial charge in [-0.15, -0.1) is 0 Å². The van der Waals surface area contributed by atoms with E-state index in [0.29, 0.717) is 13.2 Å². The highest BCUT2D eigenvalue weighted by Crippen LogP contribution is 2.29. The molecule has 0 aliphatic carbocycles. The first-order valence-corrected chi connectivity index (χ1v) is 8.30. The molecule has 0 radical (unpaired) electrons. The Morgan fingerprint density at radius 2 is 1.82 bits per heavy atom. The van der Waals surface area contributed by atoms with Crippen LogP contribution in [-0.2, 0) is 14.3 Å². The van der Waals surface area contributed by atoms with Gasteiger partial charge in [0.1, 0.15) is 6.10 Å². The molecule has 4 nitrogen and oxygen atoms in total. The highest BCUT2D eigenvalue weighted by Gasteiger charge is 2.31. The monoisotopic (exact) mass is 303 g/mol. The molecule has 1 N–H and O–H groups in total. The Labute approximate surface area is 132 Å². The van der Waals surface area contributed by atoms with Crippen molar-refractivity contribution in [1.29, 1.82) is 0 Å². The van der Waals surface area contributed by atoms with E-state index >= 15 is 0 Å². The van der Waals surface area contributed by atoms with Crippen molar-refractivity contribution in [3.63, 3.8) is 0 Å². The summed E-state index contributed by atoms with van der Waals surface area (Å²) in [4.78, 5) is 12.5. The van der Waals surface area contributed by atoms with Crippen molar-refractivity contribution >= 4 is 5.91 Å². The van der Waals surface area contributed by atoms with Gasteiger partial charge in [0.2, 0.25) is 5.91 Å². The van der Waals surface area contributed by atoms with Crippen LogP contribution in [0.1, 0.15) is 42.9 Å². The molecule has 3 rings (SSSR count). The number of carbonyl (C=O) groups excluding carboxylic acids is 1. The van der Waals surface area contributed by atoms with Gasteiger partial charge >= 0.3 is 0 Å². The van der Waals surface area contributed by atoms with Gasteiger partial charge in [0.25, 0.3) is 0 Å². The minimum absolute atomic E-state index is 0.0295. The zero-order valence-corrected chi connectivity index (χ0v) is 13.2. The number of aryl methyl sites for hydroxylation is 1. The van der Waals surface area contributed by atoms with E-state index in [1.807, 2.05) is 0 Å². The Bertz CT molecular complexity index is 494. The lowest BCUT2D eigenvalue weighted by atomic mass is 9.93. The van der Waals surface area contributed by atoms with E-state index in [4.69, 9.17) is 9.47 Å². The van der Waals surface area contributed by atoms with Crippen LogP contribution in [-0.4, -0.2) is 31.8 Å². The average molecular weight is 303 g/mol. The molecule has 2 saturated heterocycles. The van der Waals surface area contributed by atoms with Crippen LogP contribution in [0.25, 0.3) is 0 Å². The first-order chi connectivity index (χ1) is 10.7. The largest absolute Gasteiger partial charge is 0.381 e. The lowest BCUT2D eigenvalue weighted by molar-refractivity contribution is -0.131. The Hall–Kier alpha value is -1.39. The SMILES string of the molecule is Cc1ccc([C@H]2OCCC[C@H]2NC(=O)C2CCOCC2)cc1. The fourth-order valence-corrected chi connectivity index (χ4v) is 3.27. The smallest absolute Gasteiger partial charge is 0.223 e. The van der Waals surface area contributed by atoms with Crippen LogP contribution in [0, 0.1) is 12.8 Å². The van der Waals surface area contributed by atoms with Crippen LogP contribution < -0.4 is 5.32 Å². The molecule has 2 fully saturated rings. The van der Waals surface area contributed by atoms with E-state index in [9.17, 15) is 4.79 Å².